The van der Waals surface area contributed by atoms with E-state index in [2.05, 4.69) is 10.0 Å². The molecule has 126 valence electrons. The second-order valence-corrected chi connectivity index (χ2v) is 7.76. The topological polar surface area (TPSA) is 75.3 Å². The van der Waals surface area contributed by atoms with Gasteiger partial charge in [-0.2, -0.15) is 0 Å². The van der Waals surface area contributed by atoms with Gasteiger partial charge in [0.25, 0.3) is 5.91 Å². The first-order chi connectivity index (χ1) is 11.5. The highest BCUT2D eigenvalue weighted by Crippen LogP contribution is 2.28. The molecule has 0 bridgehead atoms. The van der Waals surface area contributed by atoms with Crippen molar-refractivity contribution in [3.05, 3.63) is 65.7 Å². The van der Waals surface area contributed by atoms with E-state index in [4.69, 9.17) is 0 Å². The van der Waals surface area contributed by atoms with Gasteiger partial charge >= 0.3 is 0 Å². The third-order valence-corrected chi connectivity index (χ3v) is 5.38. The van der Waals surface area contributed by atoms with E-state index in [1.807, 2.05) is 30.3 Å². The molecule has 6 heteroatoms. The molecule has 0 radical (unpaired) electrons. The molecule has 0 aliphatic heterocycles. The molecule has 0 aromatic heterocycles. The third-order valence-electron chi connectivity index (χ3n) is 3.96. The maximum Gasteiger partial charge on any atom is 0.251 e. The molecule has 1 saturated carbocycles. The Labute approximate surface area is 142 Å². The third kappa shape index (κ3) is 4.43. The number of carbonyl (C=O) groups is 1. The lowest BCUT2D eigenvalue weighted by Gasteiger charge is -2.09. The van der Waals surface area contributed by atoms with Crippen LogP contribution in [-0.2, 0) is 16.6 Å². The molecule has 0 saturated heterocycles. The van der Waals surface area contributed by atoms with Crippen LogP contribution in [0.15, 0.2) is 59.5 Å². The normalized spacial score (nSPS) is 14.3. The zero-order valence-corrected chi connectivity index (χ0v) is 14.1. The van der Waals surface area contributed by atoms with Gasteiger partial charge < -0.3 is 5.32 Å². The van der Waals surface area contributed by atoms with Gasteiger partial charge in [-0.15, -0.1) is 0 Å². The van der Waals surface area contributed by atoms with Crippen LogP contribution in [0.4, 0.5) is 0 Å². The van der Waals surface area contributed by atoms with Gasteiger partial charge in [-0.05, 0) is 42.5 Å². The Morgan fingerprint density at radius 1 is 1.04 bits per heavy atom. The summed E-state index contributed by atoms with van der Waals surface area (Å²) in [5.74, 6) is 0.162. The van der Waals surface area contributed by atoms with Crippen molar-refractivity contribution >= 4 is 15.9 Å². The Hall–Kier alpha value is -2.18. The lowest BCUT2D eigenvalue weighted by atomic mass is 10.2. The highest BCUT2D eigenvalue weighted by Gasteiger charge is 2.24. The monoisotopic (exact) mass is 344 g/mol. The first kappa shape index (κ1) is 16.7. The summed E-state index contributed by atoms with van der Waals surface area (Å²) in [6.07, 6.45) is 2.15. The smallest absolute Gasteiger partial charge is 0.251 e. The van der Waals surface area contributed by atoms with Crippen LogP contribution in [0, 0.1) is 5.92 Å². The second-order valence-electron chi connectivity index (χ2n) is 5.99. The van der Waals surface area contributed by atoms with Gasteiger partial charge in [0.05, 0.1) is 4.90 Å². The number of carbonyl (C=O) groups excluding carboxylic acids is 1. The van der Waals surface area contributed by atoms with Gasteiger partial charge in [-0.1, -0.05) is 36.4 Å². The molecule has 2 aromatic rings. The SMILES string of the molecule is O=C(NCc1ccccc1)c1cccc(S(=O)(=O)NCC2CC2)c1. The Balaban J connectivity index is 1.66. The van der Waals surface area contributed by atoms with E-state index in [0.29, 0.717) is 24.6 Å². The van der Waals surface area contributed by atoms with Crippen LogP contribution in [-0.4, -0.2) is 20.9 Å². The summed E-state index contributed by atoms with van der Waals surface area (Å²) in [5, 5.41) is 2.80. The van der Waals surface area contributed by atoms with Crippen molar-refractivity contribution in [3.63, 3.8) is 0 Å². The Bertz CT molecular complexity index is 815. The molecular formula is C18H20N2O3S. The summed E-state index contributed by atoms with van der Waals surface area (Å²) < 4.78 is 27.2. The Morgan fingerprint density at radius 3 is 2.50 bits per heavy atom. The van der Waals surface area contributed by atoms with Gasteiger partial charge in [-0.25, -0.2) is 13.1 Å². The Kier molecular flexibility index (Phi) is 4.97. The van der Waals surface area contributed by atoms with Crippen molar-refractivity contribution in [2.24, 2.45) is 5.92 Å². The summed E-state index contributed by atoms with van der Waals surface area (Å²) in [7, 11) is -3.57. The van der Waals surface area contributed by atoms with E-state index >= 15 is 0 Å². The number of amides is 1. The van der Waals surface area contributed by atoms with Crippen molar-refractivity contribution in [2.75, 3.05) is 6.54 Å². The summed E-state index contributed by atoms with van der Waals surface area (Å²) >= 11 is 0. The maximum atomic E-state index is 12.3. The molecule has 24 heavy (non-hydrogen) atoms. The van der Waals surface area contributed by atoms with Crippen molar-refractivity contribution in [1.29, 1.82) is 0 Å². The van der Waals surface area contributed by atoms with Crippen LogP contribution >= 0.6 is 0 Å². The van der Waals surface area contributed by atoms with Crippen LogP contribution < -0.4 is 10.0 Å². The van der Waals surface area contributed by atoms with Crippen LogP contribution in [0.25, 0.3) is 0 Å². The Morgan fingerprint density at radius 2 is 1.79 bits per heavy atom. The second kappa shape index (κ2) is 7.15. The summed E-state index contributed by atoms with van der Waals surface area (Å²) in [4.78, 5) is 12.4. The lowest BCUT2D eigenvalue weighted by Crippen LogP contribution is -2.27. The summed E-state index contributed by atoms with van der Waals surface area (Å²) in [5.41, 5.74) is 1.32. The summed E-state index contributed by atoms with van der Waals surface area (Å²) in [6.45, 7) is 0.864. The highest BCUT2D eigenvalue weighted by atomic mass is 32.2. The maximum absolute atomic E-state index is 12.3. The minimum atomic E-state index is -3.57. The average molecular weight is 344 g/mol. The van der Waals surface area contributed by atoms with E-state index in [-0.39, 0.29) is 10.8 Å². The van der Waals surface area contributed by atoms with E-state index in [9.17, 15) is 13.2 Å². The molecule has 1 aliphatic carbocycles. The number of hydrogen-bond donors (Lipinski definition) is 2. The van der Waals surface area contributed by atoms with Crippen LogP contribution in [0.3, 0.4) is 0 Å². The molecule has 0 spiro atoms. The van der Waals surface area contributed by atoms with Crippen molar-refractivity contribution in [3.8, 4) is 0 Å². The number of sulfonamides is 1. The lowest BCUT2D eigenvalue weighted by molar-refractivity contribution is 0.0950. The van der Waals surface area contributed by atoms with E-state index < -0.39 is 10.0 Å². The fourth-order valence-electron chi connectivity index (χ4n) is 2.32. The van der Waals surface area contributed by atoms with Crippen molar-refractivity contribution in [1.82, 2.24) is 10.0 Å². The van der Waals surface area contributed by atoms with E-state index in [0.717, 1.165) is 18.4 Å². The molecule has 2 N–H and O–H groups in total. The first-order valence-corrected chi connectivity index (χ1v) is 9.45. The molecule has 2 aromatic carbocycles. The quantitative estimate of drug-likeness (QED) is 0.809. The van der Waals surface area contributed by atoms with Gasteiger partial charge in [0.1, 0.15) is 0 Å². The van der Waals surface area contributed by atoms with Crippen molar-refractivity contribution < 1.29 is 13.2 Å². The van der Waals surface area contributed by atoms with Gasteiger partial charge in [-0.3, -0.25) is 4.79 Å². The molecule has 0 heterocycles. The summed E-state index contributed by atoms with van der Waals surface area (Å²) in [6, 6.07) is 15.7. The molecule has 5 nitrogen and oxygen atoms in total. The molecule has 1 aliphatic rings. The average Bonchev–Trinajstić information content (AvgIpc) is 3.43. The fourth-order valence-corrected chi connectivity index (χ4v) is 3.48. The van der Waals surface area contributed by atoms with Gasteiger partial charge in [0.15, 0.2) is 0 Å². The first-order valence-electron chi connectivity index (χ1n) is 7.96. The zero-order chi connectivity index (χ0) is 17.0. The predicted molar refractivity (Wildman–Crippen MR) is 92.0 cm³/mol. The number of rotatable bonds is 7. The van der Waals surface area contributed by atoms with E-state index in [1.54, 1.807) is 12.1 Å². The number of nitrogens with one attached hydrogen (secondary N) is 2. The zero-order valence-electron chi connectivity index (χ0n) is 13.2. The molecule has 0 atom stereocenters. The molecule has 1 fully saturated rings. The molecular weight excluding hydrogens is 324 g/mol. The molecule has 3 rings (SSSR count). The van der Waals surface area contributed by atoms with E-state index in [1.165, 1.54) is 12.1 Å². The van der Waals surface area contributed by atoms with Gasteiger partial charge in [0.2, 0.25) is 10.0 Å². The number of hydrogen-bond acceptors (Lipinski definition) is 3. The molecule has 1 amide bonds. The largest absolute Gasteiger partial charge is 0.348 e. The minimum absolute atomic E-state index is 0.121. The minimum Gasteiger partial charge on any atom is -0.348 e. The highest BCUT2D eigenvalue weighted by molar-refractivity contribution is 7.89. The van der Waals surface area contributed by atoms with Crippen molar-refractivity contribution in [2.45, 2.75) is 24.3 Å². The number of benzene rings is 2. The fraction of sp³-hybridized carbons (Fsp3) is 0.278. The van der Waals surface area contributed by atoms with Gasteiger partial charge in [0, 0.05) is 18.7 Å². The molecule has 0 unspecified atom stereocenters. The standard InChI is InChI=1S/C18H20N2O3S/c21-18(19-12-14-5-2-1-3-6-14)16-7-4-8-17(11-16)24(22,23)20-13-15-9-10-15/h1-8,11,15,20H,9-10,12-13H2,(H,19,21). The van der Waals surface area contributed by atoms with Crippen LogP contribution in [0.1, 0.15) is 28.8 Å². The van der Waals surface area contributed by atoms with Crippen LogP contribution in [0.5, 0.6) is 0 Å². The predicted octanol–water partition coefficient (Wildman–Crippen LogP) is 2.30. The van der Waals surface area contributed by atoms with Crippen LogP contribution in [0.2, 0.25) is 0 Å².